The van der Waals surface area contributed by atoms with Crippen LogP contribution in [0.2, 0.25) is 0 Å². The lowest BCUT2D eigenvalue weighted by molar-refractivity contribution is -0.131. The van der Waals surface area contributed by atoms with Crippen LogP contribution in [0, 0.1) is 17.6 Å². The van der Waals surface area contributed by atoms with Crippen molar-refractivity contribution < 1.29 is 18.4 Å². The molecule has 1 aromatic carbocycles. The minimum atomic E-state index is -0.988. The normalized spacial score (nSPS) is 17.3. The van der Waals surface area contributed by atoms with Crippen molar-refractivity contribution in [3.8, 4) is 0 Å². The molecule has 3 amide bonds. The average molecular weight is 349 g/mol. The van der Waals surface area contributed by atoms with Gasteiger partial charge in [-0.25, -0.2) is 13.6 Å². The highest BCUT2D eigenvalue weighted by molar-refractivity contribution is 5.95. The van der Waals surface area contributed by atoms with Crippen molar-refractivity contribution in [2.24, 2.45) is 5.92 Å². The first kappa shape index (κ1) is 17.4. The minimum absolute atomic E-state index is 0.0637. The summed E-state index contributed by atoms with van der Waals surface area (Å²) in [5, 5.41) is 2.51. The Hall–Kier alpha value is -2.44. The molecule has 7 heteroatoms. The van der Waals surface area contributed by atoms with E-state index in [1.807, 2.05) is 0 Å². The molecule has 0 aromatic heterocycles. The van der Waals surface area contributed by atoms with Gasteiger partial charge in [0.1, 0.15) is 6.54 Å². The lowest BCUT2D eigenvalue weighted by atomic mass is 9.98. The number of hydrogen-bond acceptors (Lipinski definition) is 2. The summed E-state index contributed by atoms with van der Waals surface area (Å²) in [5.74, 6) is -1.79. The molecule has 2 aliphatic heterocycles. The summed E-state index contributed by atoms with van der Waals surface area (Å²) in [6.07, 6.45) is 2.94. The van der Waals surface area contributed by atoms with Crippen LogP contribution in [0.15, 0.2) is 23.8 Å². The number of nitrogens with zero attached hydrogens (tertiary/aromatic N) is 2. The predicted molar refractivity (Wildman–Crippen MR) is 89.9 cm³/mol. The van der Waals surface area contributed by atoms with Crippen LogP contribution in [0.1, 0.15) is 25.8 Å². The molecule has 2 aliphatic rings. The summed E-state index contributed by atoms with van der Waals surface area (Å²) in [5.41, 5.74) is 1.51. The topological polar surface area (TPSA) is 52.7 Å². The molecule has 134 valence electrons. The first-order valence-electron chi connectivity index (χ1n) is 8.36. The fourth-order valence-electron chi connectivity index (χ4n) is 3.11. The minimum Gasteiger partial charge on any atom is -0.337 e. The van der Waals surface area contributed by atoms with E-state index in [9.17, 15) is 18.4 Å². The molecular formula is C18H21F2N3O2. The number of hydrogen-bond donors (Lipinski definition) is 1. The highest BCUT2D eigenvalue weighted by Gasteiger charge is 2.29. The van der Waals surface area contributed by atoms with E-state index < -0.39 is 17.7 Å². The van der Waals surface area contributed by atoms with E-state index in [1.54, 1.807) is 4.90 Å². The molecule has 1 aromatic rings. The van der Waals surface area contributed by atoms with Crippen LogP contribution in [0.5, 0.6) is 0 Å². The van der Waals surface area contributed by atoms with E-state index in [-0.39, 0.29) is 30.2 Å². The zero-order chi connectivity index (χ0) is 18.1. The average Bonchev–Trinajstić information content (AvgIpc) is 2.59. The number of rotatable bonds is 3. The SMILES string of the molecule is CC(C)C1=CCCN(C(=O)CN2Cc3c(ccc(F)c3F)NC2=O)C1. The summed E-state index contributed by atoms with van der Waals surface area (Å²) >= 11 is 0. The lowest BCUT2D eigenvalue weighted by Crippen LogP contribution is -2.47. The number of halogens is 2. The Labute approximate surface area is 145 Å². The third kappa shape index (κ3) is 3.50. The van der Waals surface area contributed by atoms with Gasteiger partial charge < -0.3 is 15.1 Å². The van der Waals surface area contributed by atoms with Gasteiger partial charge in [0.05, 0.1) is 12.2 Å². The summed E-state index contributed by atoms with van der Waals surface area (Å²) in [4.78, 5) is 27.6. The summed E-state index contributed by atoms with van der Waals surface area (Å²) in [6, 6.07) is 1.82. The molecule has 0 bridgehead atoms. The second-order valence-corrected chi connectivity index (χ2v) is 6.71. The Bertz CT molecular complexity index is 746. The Balaban J connectivity index is 1.71. The summed E-state index contributed by atoms with van der Waals surface area (Å²) in [7, 11) is 0. The zero-order valence-electron chi connectivity index (χ0n) is 14.3. The van der Waals surface area contributed by atoms with Gasteiger partial charge >= 0.3 is 6.03 Å². The Morgan fingerprint density at radius 3 is 2.76 bits per heavy atom. The van der Waals surface area contributed by atoms with Gasteiger partial charge in [0.15, 0.2) is 11.6 Å². The zero-order valence-corrected chi connectivity index (χ0v) is 14.3. The van der Waals surface area contributed by atoms with Gasteiger partial charge in [0.25, 0.3) is 0 Å². The van der Waals surface area contributed by atoms with Gasteiger partial charge in [-0.15, -0.1) is 0 Å². The van der Waals surface area contributed by atoms with E-state index in [2.05, 4.69) is 25.2 Å². The lowest BCUT2D eigenvalue weighted by Gasteiger charge is -2.33. The molecule has 0 radical (unpaired) electrons. The number of fused-ring (bicyclic) bond motifs is 1. The van der Waals surface area contributed by atoms with Crippen LogP contribution >= 0.6 is 0 Å². The van der Waals surface area contributed by atoms with Gasteiger partial charge in [-0.1, -0.05) is 25.5 Å². The molecule has 0 spiro atoms. The smallest absolute Gasteiger partial charge is 0.322 e. The van der Waals surface area contributed by atoms with Crippen molar-refractivity contribution in [1.82, 2.24) is 9.80 Å². The van der Waals surface area contributed by atoms with Crippen LogP contribution < -0.4 is 5.32 Å². The van der Waals surface area contributed by atoms with Crippen molar-refractivity contribution in [2.45, 2.75) is 26.8 Å². The molecule has 0 saturated heterocycles. The molecule has 1 N–H and O–H groups in total. The van der Waals surface area contributed by atoms with E-state index >= 15 is 0 Å². The predicted octanol–water partition coefficient (Wildman–Crippen LogP) is 3.13. The van der Waals surface area contributed by atoms with Gasteiger partial charge in [0, 0.05) is 18.7 Å². The third-order valence-electron chi connectivity index (χ3n) is 4.67. The standard InChI is InChI=1S/C18H21F2N3O2/c1-11(2)12-4-3-7-22(8-12)16(24)10-23-9-13-15(21-18(23)25)6-5-14(19)17(13)20/h4-6,11H,3,7-10H2,1-2H3,(H,21,25). The number of urea groups is 1. The van der Waals surface area contributed by atoms with Crippen molar-refractivity contribution in [3.63, 3.8) is 0 Å². The quantitative estimate of drug-likeness (QED) is 0.853. The highest BCUT2D eigenvalue weighted by Crippen LogP contribution is 2.27. The number of benzene rings is 1. The maximum atomic E-state index is 14.0. The first-order valence-corrected chi connectivity index (χ1v) is 8.36. The molecule has 0 fully saturated rings. The van der Waals surface area contributed by atoms with Crippen LogP contribution in [0.3, 0.4) is 0 Å². The highest BCUT2D eigenvalue weighted by atomic mass is 19.2. The molecule has 3 rings (SSSR count). The Morgan fingerprint density at radius 2 is 2.04 bits per heavy atom. The Morgan fingerprint density at radius 1 is 1.28 bits per heavy atom. The molecule has 5 nitrogen and oxygen atoms in total. The summed E-state index contributed by atoms with van der Waals surface area (Å²) < 4.78 is 27.4. The fraction of sp³-hybridized carbons (Fsp3) is 0.444. The molecule has 25 heavy (non-hydrogen) atoms. The molecule has 2 heterocycles. The van der Waals surface area contributed by atoms with Crippen LogP contribution in [-0.4, -0.2) is 41.4 Å². The second-order valence-electron chi connectivity index (χ2n) is 6.71. The van der Waals surface area contributed by atoms with Crippen LogP contribution in [0.4, 0.5) is 19.3 Å². The van der Waals surface area contributed by atoms with Gasteiger partial charge in [-0.05, 0) is 24.5 Å². The fourth-order valence-corrected chi connectivity index (χ4v) is 3.11. The maximum Gasteiger partial charge on any atom is 0.322 e. The van der Waals surface area contributed by atoms with Crippen LogP contribution in [0.25, 0.3) is 0 Å². The number of amides is 3. The number of nitrogens with one attached hydrogen (secondary N) is 1. The molecule has 0 unspecified atom stereocenters. The van der Waals surface area contributed by atoms with Gasteiger partial charge in [-0.3, -0.25) is 4.79 Å². The van der Waals surface area contributed by atoms with Crippen LogP contribution in [-0.2, 0) is 11.3 Å². The molecular weight excluding hydrogens is 328 g/mol. The molecule has 0 saturated carbocycles. The largest absolute Gasteiger partial charge is 0.337 e. The van der Waals surface area contributed by atoms with Crippen molar-refractivity contribution >= 4 is 17.6 Å². The Kier molecular flexibility index (Phi) is 4.74. The van der Waals surface area contributed by atoms with Crippen molar-refractivity contribution in [3.05, 3.63) is 41.0 Å². The first-order chi connectivity index (χ1) is 11.9. The number of carbonyl (C=O) groups excluding carboxylic acids is 2. The van der Waals surface area contributed by atoms with Gasteiger partial charge in [0.2, 0.25) is 5.91 Å². The van der Waals surface area contributed by atoms with E-state index in [0.717, 1.165) is 12.5 Å². The maximum absolute atomic E-state index is 14.0. The second kappa shape index (κ2) is 6.82. The number of anilines is 1. The van der Waals surface area contributed by atoms with E-state index in [1.165, 1.54) is 16.5 Å². The van der Waals surface area contributed by atoms with E-state index in [4.69, 9.17) is 0 Å². The number of carbonyl (C=O) groups is 2. The molecule has 0 atom stereocenters. The molecule has 0 aliphatic carbocycles. The summed E-state index contributed by atoms with van der Waals surface area (Å²) in [6.45, 7) is 5.01. The van der Waals surface area contributed by atoms with Crippen molar-refractivity contribution in [1.29, 1.82) is 0 Å². The third-order valence-corrected chi connectivity index (χ3v) is 4.67. The van der Waals surface area contributed by atoms with E-state index in [0.29, 0.717) is 19.0 Å². The van der Waals surface area contributed by atoms with Gasteiger partial charge in [-0.2, -0.15) is 0 Å². The monoisotopic (exact) mass is 349 g/mol. The van der Waals surface area contributed by atoms with Crippen molar-refractivity contribution in [2.75, 3.05) is 25.0 Å².